The highest BCUT2D eigenvalue weighted by atomic mass is 16.5. The zero-order chi connectivity index (χ0) is 15.7. The highest BCUT2D eigenvalue weighted by Gasteiger charge is 2.27. The summed E-state index contributed by atoms with van der Waals surface area (Å²) in [6.45, 7) is 0. The predicted octanol–water partition coefficient (Wildman–Crippen LogP) is 3.03. The summed E-state index contributed by atoms with van der Waals surface area (Å²) in [6.07, 6.45) is 1.61. The second-order valence-electron chi connectivity index (χ2n) is 4.73. The largest absolute Gasteiger partial charge is 0.508 e. The highest BCUT2D eigenvalue weighted by Crippen LogP contribution is 2.35. The molecule has 1 aliphatic heterocycles. The van der Waals surface area contributed by atoms with Crippen molar-refractivity contribution in [3.8, 4) is 23.0 Å². The van der Waals surface area contributed by atoms with Crippen LogP contribution in [0.5, 0.6) is 23.0 Å². The van der Waals surface area contributed by atoms with Crippen LogP contribution >= 0.6 is 0 Å². The first-order valence-electron chi connectivity index (χ1n) is 6.61. The number of Topliss-reactive ketones (excluding diaryl/α,β-unsaturated/α-hetero) is 1. The number of fused-ring (bicyclic) bond motifs is 1. The normalized spacial score (nSPS) is 14.6. The quantitative estimate of drug-likeness (QED) is 0.882. The van der Waals surface area contributed by atoms with Gasteiger partial charge in [0.25, 0.3) is 0 Å². The molecule has 0 bridgehead atoms. The topological polar surface area (TPSA) is 65.0 Å². The smallest absolute Gasteiger partial charge is 0.231 e. The molecule has 0 unspecified atom stereocenters. The van der Waals surface area contributed by atoms with Gasteiger partial charge in [0.2, 0.25) is 5.78 Å². The molecule has 22 heavy (non-hydrogen) atoms. The van der Waals surface area contributed by atoms with E-state index in [4.69, 9.17) is 14.2 Å². The number of carbonyl (C=O) groups excluding carboxylic acids is 1. The van der Waals surface area contributed by atoms with E-state index in [0.717, 1.165) is 0 Å². The van der Waals surface area contributed by atoms with Gasteiger partial charge in [0.1, 0.15) is 23.0 Å². The Morgan fingerprint density at radius 2 is 1.91 bits per heavy atom. The van der Waals surface area contributed by atoms with E-state index in [1.807, 2.05) is 0 Å². The molecule has 1 aliphatic rings. The minimum absolute atomic E-state index is 0.0508. The molecule has 3 rings (SSSR count). The van der Waals surface area contributed by atoms with E-state index in [1.165, 1.54) is 12.1 Å². The van der Waals surface area contributed by atoms with Crippen LogP contribution in [0.4, 0.5) is 0 Å². The number of phenols is 1. The van der Waals surface area contributed by atoms with Crippen LogP contribution in [0.1, 0.15) is 15.9 Å². The van der Waals surface area contributed by atoms with Crippen molar-refractivity contribution in [3.05, 3.63) is 53.3 Å². The molecule has 0 aliphatic carbocycles. The monoisotopic (exact) mass is 298 g/mol. The molecule has 0 atom stereocenters. The zero-order valence-electron chi connectivity index (χ0n) is 12.1. The number of benzene rings is 2. The number of aromatic hydroxyl groups is 1. The Labute approximate surface area is 127 Å². The molecule has 0 saturated heterocycles. The number of allylic oxidation sites excluding steroid dienone is 1. The van der Waals surface area contributed by atoms with Crippen LogP contribution in [0.15, 0.2) is 42.2 Å². The predicted molar refractivity (Wildman–Crippen MR) is 80.6 cm³/mol. The summed E-state index contributed by atoms with van der Waals surface area (Å²) in [5.41, 5.74) is 1.13. The van der Waals surface area contributed by atoms with Gasteiger partial charge in [-0.1, -0.05) is 0 Å². The minimum atomic E-state index is -0.229. The van der Waals surface area contributed by atoms with Gasteiger partial charge in [-0.25, -0.2) is 0 Å². The Kier molecular flexibility index (Phi) is 3.47. The van der Waals surface area contributed by atoms with Crippen LogP contribution in [0, 0.1) is 0 Å². The van der Waals surface area contributed by atoms with Crippen molar-refractivity contribution in [1.82, 2.24) is 0 Å². The van der Waals surface area contributed by atoms with Crippen molar-refractivity contribution < 1.29 is 24.1 Å². The molecule has 5 heteroatoms. The Morgan fingerprint density at radius 1 is 1.09 bits per heavy atom. The molecule has 0 aromatic heterocycles. The lowest BCUT2D eigenvalue weighted by Gasteiger charge is -2.08. The van der Waals surface area contributed by atoms with Crippen molar-refractivity contribution >= 4 is 11.9 Å². The SMILES string of the molecule is COc1ccc(C=C2Oc3cc(O)ccc3C2=O)c(OC)c1. The van der Waals surface area contributed by atoms with Crippen LogP contribution in [0.3, 0.4) is 0 Å². The molecule has 2 aromatic rings. The Bertz CT molecular complexity index is 777. The van der Waals surface area contributed by atoms with Gasteiger partial charge in [0.05, 0.1) is 19.8 Å². The van der Waals surface area contributed by atoms with E-state index in [1.54, 1.807) is 44.6 Å². The fourth-order valence-corrected chi connectivity index (χ4v) is 2.25. The Morgan fingerprint density at radius 3 is 2.64 bits per heavy atom. The summed E-state index contributed by atoms with van der Waals surface area (Å²) in [6, 6.07) is 9.69. The summed E-state index contributed by atoms with van der Waals surface area (Å²) in [4.78, 5) is 12.3. The highest BCUT2D eigenvalue weighted by molar-refractivity contribution is 6.14. The summed E-state index contributed by atoms with van der Waals surface area (Å²) < 4.78 is 16.0. The standard InChI is InChI=1S/C17H14O5/c1-20-12-5-3-10(14(9-12)21-2)7-16-17(19)13-6-4-11(18)8-15(13)22-16/h3-9,18H,1-2H3. The number of hydrogen-bond acceptors (Lipinski definition) is 5. The number of carbonyl (C=O) groups is 1. The van der Waals surface area contributed by atoms with Gasteiger partial charge in [-0.2, -0.15) is 0 Å². The third-order valence-electron chi connectivity index (χ3n) is 3.38. The van der Waals surface area contributed by atoms with Gasteiger partial charge in [-0.3, -0.25) is 4.79 Å². The van der Waals surface area contributed by atoms with Crippen LogP contribution in [0.25, 0.3) is 6.08 Å². The number of rotatable bonds is 3. The van der Waals surface area contributed by atoms with E-state index in [-0.39, 0.29) is 17.3 Å². The maximum atomic E-state index is 12.3. The lowest BCUT2D eigenvalue weighted by atomic mass is 10.1. The van der Waals surface area contributed by atoms with Crippen molar-refractivity contribution in [2.75, 3.05) is 14.2 Å². The van der Waals surface area contributed by atoms with Gasteiger partial charge >= 0.3 is 0 Å². The first kappa shape index (κ1) is 14.0. The third-order valence-corrected chi connectivity index (χ3v) is 3.38. The maximum absolute atomic E-state index is 12.3. The van der Waals surface area contributed by atoms with E-state index in [9.17, 15) is 9.90 Å². The summed E-state index contributed by atoms with van der Waals surface area (Å²) >= 11 is 0. The zero-order valence-corrected chi connectivity index (χ0v) is 12.1. The molecule has 1 heterocycles. The van der Waals surface area contributed by atoms with E-state index >= 15 is 0 Å². The molecule has 1 N–H and O–H groups in total. The fraction of sp³-hybridized carbons (Fsp3) is 0.118. The van der Waals surface area contributed by atoms with Crippen LogP contribution in [-0.2, 0) is 0 Å². The molecular weight excluding hydrogens is 284 g/mol. The van der Waals surface area contributed by atoms with Gasteiger partial charge < -0.3 is 19.3 Å². The van der Waals surface area contributed by atoms with Crippen LogP contribution in [0.2, 0.25) is 0 Å². The second kappa shape index (κ2) is 5.44. The van der Waals surface area contributed by atoms with Crippen molar-refractivity contribution in [1.29, 1.82) is 0 Å². The van der Waals surface area contributed by atoms with Crippen LogP contribution in [-0.4, -0.2) is 25.1 Å². The minimum Gasteiger partial charge on any atom is -0.508 e. The van der Waals surface area contributed by atoms with Gasteiger partial charge in [-0.05, 0) is 30.3 Å². The van der Waals surface area contributed by atoms with Crippen molar-refractivity contribution in [2.45, 2.75) is 0 Å². The molecule has 0 radical (unpaired) electrons. The molecule has 0 saturated carbocycles. The molecule has 112 valence electrons. The number of ketones is 1. The molecular formula is C17H14O5. The van der Waals surface area contributed by atoms with E-state index < -0.39 is 0 Å². The summed E-state index contributed by atoms with van der Waals surface area (Å²) in [7, 11) is 3.11. The van der Waals surface area contributed by atoms with Gasteiger partial charge in [0.15, 0.2) is 5.76 Å². The molecule has 0 spiro atoms. The summed E-state index contributed by atoms with van der Waals surface area (Å²) in [5.74, 6) is 1.59. The average Bonchev–Trinajstić information content (AvgIpc) is 2.83. The number of hydrogen-bond donors (Lipinski definition) is 1. The van der Waals surface area contributed by atoms with Gasteiger partial charge in [0, 0.05) is 17.7 Å². The molecule has 0 fully saturated rings. The molecule has 2 aromatic carbocycles. The lowest BCUT2D eigenvalue weighted by Crippen LogP contribution is -1.99. The maximum Gasteiger partial charge on any atom is 0.231 e. The fourth-order valence-electron chi connectivity index (χ4n) is 2.25. The Balaban J connectivity index is 1.99. The summed E-state index contributed by atoms with van der Waals surface area (Å²) in [5, 5.41) is 9.45. The first-order chi connectivity index (χ1) is 10.6. The van der Waals surface area contributed by atoms with E-state index in [0.29, 0.717) is 28.4 Å². The van der Waals surface area contributed by atoms with Crippen molar-refractivity contribution in [3.63, 3.8) is 0 Å². The lowest BCUT2D eigenvalue weighted by molar-refractivity contribution is 0.101. The Hall–Kier alpha value is -2.95. The average molecular weight is 298 g/mol. The number of phenolic OH excluding ortho intramolecular Hbond substituents is 1. The third kappa shape index (κ3) is 2.37. The first-order valence-corrected chi connectivity index (χ1v) is 6.61. The molecule has 5 nitrogen and oxygen atoms in total. The van der Waals surface area contributed by atoms with Gasteiger partial charge in [-0.15, -0.1) is 0 Å². The number of methoxy groups -OCH3 is 2. The molecule has 0 amide bonds. The number of ether oxygens (including phenoxy) is 3. The van der Waals surface area contributed by atoms with Crippen molar-refractivity contribution in [2.24, 2.45) is 0 Å². The van der Waals surface area contributed by atoms with Crippen LogP contribution < -0.4 is 14.2 Å². The van der Waals surface area contributed by atoms with E-state index in [2.05, 4.69) is 0 Å². The second-order valence-corrected chi connectivity index (χ2v) is 4.73.